The van der Waals surface area contributed by atoms with Crippen molar-refractivity contribution < 1.29 is 9.59 Å². The Labute approximate surface area is 188 Å². The fraction of sp³-hybridized carbons (Fsp3) is 0.250. The second-order valence-corrected chi connectivity index (χ2v) is 8.93. The molecule has 1 aliphatic heterocycles. The molecule has 4 aromatic rings. The number of nitrogens with one attached hydrogen (secondary N) is 1. The van der Waals surface area contributed by atoms with Crippen LogP contribution in [0, 0.1) is 0 Å². The van der Waals surface area contributed by atoms with Crippen molar-refractivity contribution in [1.29, 1.82) is 0 Å². The number of aryl methyl sites for hydroxylation is 1. The van der Waals surface area contributed by atoms with E-state index in [1.807, 2.05) is 61.5 Å². The summed E-state index contributed by atoms with van der Waals surface area (Å²) in [6, 6.07) is 17.1. The van der Waals surface area contributed by atoms with E-state index in [0.29, 0.717) is 22.8 Å². The van der Waals surface area contributed by atoms with Gasteiger partial charge in [0.15, 0.2) is 0 Å². The molecule has 2 aromatic heterocycles. The summed E-state index contributed by atoms with van der Waals surface area (Å²) < 4.78 is 2.39. The largest absolute Gasteiger partial charge is 0.293 e. The fourth-order valence-electron chi connectivity index (χ4n) is 4.23. The van der Waals surface area contributed by atoms with E-state index in [9.17, 15) is 14.4 Å². The molecule has 0 unspecified atom stereocenters. The number of para-hydroxylation sites is 1. The third kappa shape index (κ3) is 3.46. The lowest BCUT2D eigenvalue weighted by Gasteiger charge is -2.15. The van der Waals surface area contributed by atoms with E-state index in [1.54, 1.807) is 0 Å². The Balaban J connectivity index is 1.53. The molecule has 5 rings (SSSR count). The van der Waals surface area contributed by atoms with E-state index in [2.05, 4.69) is 10.1 Å². The minimum atomic E-state index is -0.771. The van der Waals surface area contributed by atoms with Crippen molar-refractivity contribution in [3.05, 3.63) is 81.8 Å². The van der Waals surface area contributed by atoms with Gasteiger partial charge in [-0.25, -0.2) is 4.98 Å². The van der Waals surface area contributed by atoms with Gasteiger partial charge in [-0.15, -0.1) is 0 Å². The average Bonchev–Trinajstić information content (AvgIpc) is 3.44. The second-order valence-electron chi connectivity index (χ2n) is 7.92. The van der Waals surface area contributed by atoms with Gasteiger partial charge in [-0.3, -0.25) is 24.4 Å². The summed E-state index contributed by atoms with van der Waals surface area (Å²) in [7, 11) is 0. The lowest BCUT2D eigenvalue weighted by Crippen LogP contribution is -2.31. The van der Waals surface area contributed by atoms with Crippen molar-refractivity contribution >= 4 is 33.4 Å². The third-order valence-electron chi connectivity index (χ3n) is 5.76. The number of amides is 2. The molecule has 0 saturated carbocycles. The molecule has 2 amide bonds. The van der Waals surface area contributed by atoms with Crippen LogP contribution in [0.25, 0.3) is 15.3 Å². The first-order valence-corrected chi connectivity index (χ1v) is 11.5. The molecule has 162 valence electrons. The number of benzene rings is 2. The predicted molar refractivity (Wildman–Crippen MR) is 123 cm³/mol. The lowest BCUT2D eigenvalue weighted by molar-refractivity contribution is -0.139. The molecule has 3 heterocycles. The summed E-state index contributed by atoms with van der Waals surface area (Å²) >= 11 is 1.41. The topological polar surface area (TPSA) is 88.1 Å². The van der Waals surface area contributed by atoms with Gasteiger partial charge in [0, 0.05) is 12.1 Å². The number of aromatic amines is 1. The van der Waals surface area contributed by atoms with Crippen LogP contribution in [0.4, 0.5) is 0 Å². The number of thiazole rings is 1. The Morgan fingerprint density at radius 2 is 1.81 bits per heavy atom. The maximum absolute atomic E-state index is 13.5. The highest BCUT2D eigenvalue weighted by molar-refractivity contribution is 7.20. The van der Waals surface area contributed by atoms with Crippen LogP contribution < -0.4 is 5.56 Å². The number of aromatic nitrogens is 3. The van der Waals surface area contributed by atoms with Crippen molar-refractivity contribution in [1.82, 2.24) is 19.7 Å². The number of hydrogen-bond acceptors (Lipinski definition) is 5. The number of H-pyrrole nitrogens is 1. The van der Waals surface area contributed by atoms with Gasteiger partial charge in [0.1, 0.15) is 0 Å². The van der Waals surface area contributed by atoms with Crippen LogP contribution in [0.1, 0.15) is 42.5 Å². The Morgan fingerprint density at radius 1 is 1.06 bits per heavy atom. The van der Waals surface area contributed by atoms with Gasteiger partial charge in [0.25, 0.3) is 5.56 Å². The summed E-state index contributed by atoms with van der Waals surface area (Å²) in [5.41, 5.74) is 2.48. The monoisotopic (exact) mass is 446 g/mol. The van der Waals surface area contributed by atoms with Gasteiger partial charge >= 0.3 is 0 Å². The number of imide groups is 1. The average molecular weight is 447 g/mol. The highest BCUT2D eigenvalue weighted by Gasteiger charge is 2.42. The van der Waals surface area contributed by atoms with Crippen molar-refractivity contribution in [3.63, 3.8) is 0 Å². The fourth-order valence-corrected chi connectivity index (χ4v) is 5.15. The minimum absolute atomic E-state index is 0.00925. The first kappa shape index (κ1) is 20.4. The normalized spacial score (nSPS) is 16.4. The third-order valence-corrected chi connectivity index (χ3v) is 6.78. The molecule has 32 heavy (non-hydrogen) atoms. The molecule has 1 N–H and O–H groups in total. The molecule has 1 atom stereocenters. The Morgan fingerprint density at radius 3 is 2.56 bits per heavy atom. The number of carbonyl (C=O) groups is 2. The van der Waals surface area contributed by atoms with Crippen LogP contribution in [0.15, 0.2) is 59.4 Å². The van der Waals surface area contributed by atoms with Crippen molar-refractivity contribution in [2.24, 2.45) is 0 Å². The van der Waals surface area contributed by atoms with E-state index in [-0.39, 0.29) is 30.3 Å². The minimum Gasteiger partial charge on any atom is -0.293 e. The zero-order valence-corrected chi connectivity index (χ0v) is 18.4. The zero-order chi connectivity index (χ0) is 22.2. The summed E-state index contributed by atoms with van der Waals surface area (Å²) in [5, 5.41) is 3.70. The molecule has 8 heteroatoms. The van der Waals surface area contributed by atoms with E-state index >= 15 is 0 Å². The molecule has 2 aromatic carbocycles. The van der Waals surface area contributed by atoms with Gasteiger partial charge in [0.2, 0.25) is 16.9 Å². The van der Waals surface area contributed by atoms with Crippen LogP contribution in [0.2, 0.25) is 0 Å². The number of nitrogens with zero attached hydrogens (tertiary/aromatic N) is 3. The van der Waals surface area contributed by atoms with Crippen molar-refractivity contribution in [2.45, 2.75) is 38.6 Å². The SMILES string of the molecule is CCCc1[nH]n(-c2nc3ccccc3s2)c(=O)c1[C@H]1CC(=O)N(Cc2ccccc2)C1=O. The molecule has 1 fully saturated rings. The van der Waals surface area contributed by atoms with Gasteiger partial charge < -0.3 is 0 Å². The maximum Gasteiger partial charge on any atom is 0.277 e. The number of carbonyl (C=O) groups excluding carboxylic acids is 2. The molecule has 1 saturated heterocycles. The van der Waals surface area contributed by atoms with E-state index < -0.39 is 5.92 Å². The Bertz CT molecular complexity index is 1340. The molecular weight excluding hydrogens is 424 g/mol. The second kappa shape index (κ2) is 8.20. The highest BCUT2D eigenvalue weighted by Crippen LogP contribution is 2.32. The number of rotatable bonds is 6. The van der Waals surface area contributed by atoms with E-state index in [4.69, 9.17) is 0 Å². The maximum atomic E-state index is 13.5. The van der Waals surface area contributed by atoms with Gasteiger partial charge in [-0.1, -0.05) is 67.1 Å². The summed E-state index contributed by atoms with van der Waals surface area (Å²) in [6.45, 7) is 2.23. The van der Waals surface area contributed by atoms with Crippen LogP contribution >= 0.6 is 11.3 Å². The van der Waals surface area contributed by atoms with Crippen LogP contribution in [-0.4, -0.2) is 31.5 Å². The molecule has 0 radical (unpaired) electrons. The van der Waals surface area contributed by atoms with E-state index in [1.165, 1.54) is 20.9 Å². The predicted octanol–water partition coefficient (Wildman–Crippen LogP) is 3.77. The molecule has 0 spiro atoms. The highest BCUT2D eigenvalue weighted by atomic mass is 32.1. The summed E-state index contributed by atoms with van der Waals surface area (Å²) in [6.07, 6.45) is 1.42. The molecule has 1 aliphatic rings. The van der Waals surface area contributed by atoms with E-state index in [0.717, 1.165) is 22.2 Å². The van der Waals surface area contributed by atoms with Crippen LogP contribution in [-0.2, 0) is 22.6 Å². The smallest absolute Gasteiger partial charge is 0.277 e. The van der Waals surface area contributed by atoms with Crippen LogP contribution in [0.5, 0.6) is 0 Å². The summed E-state index contributed by atoms with van der Waals surface area (Å²) in [5.74, 6) is -1.34. The molecule has 7 nitrogen and oxygen atoms in total. The molecule has 0 bridgehead atoms. The first-order valence-electron chi connectivity index (χ1n) is 10.6. The van der Waals surface area contributed by atoms with Crippen molar-refractivity contribution in [2.75, 3.05) is 0 Å². The van der Waals surface area contributed by atoms with Crippen LogP contribution in [0.3, 0.4) is 0 Å². The number of hydrogen-bond donors (Lipinski definition) is 1. The number of fused-ring (bicyclic) bond motifs is 1. The Kier molecular flexibility index (Phi) is 5.22. The van der Waals surface area contributed by atoms with Gasteiger partial charge in [-0.05, 0) is 24.1 Å². The first-order chi connectivity index (χ1) is 15.6. The lowest BCUT2D eigenvalue weighted by atomic mass is 9.96. The standard InChI is InChI=1S/C24H22N4O3S/c1-2-8-18-21(16-13-20(29)27(22(16)30)14-15-9-4-3-5-10-15)23(31)28(26-18)24-25-17-11-6-7-12-19(17)32-24/h3-7,9-12,16,26H,2,8,13-14H2,1H3/t16-/m1/s1. The van der Waals surface area contributed by atoms with Gasteiger partial charge in [0.05, 0.1) is 28.2 Å². The quantitative estimate of drug-likeness (QED) is 0.457. The molecule has 0 aliphatic carbocycles. The zero-order valence-electron chi connectivity index (χ0n) is 17.6. The number of likely N-dealkylation sites (tertiary alicyclic amines) is 1. The molecular formula is C24H22N4O3S. The van der Waals surface area contributed by atoms with Crippen molar-refractivity contribution in [3.8, 4) is 5.13 Å². The van der Waals surface area contributed by atoms with Gasteiger partial charge in [-0.2, -0.15) is 4.68 Å². The summed E-state index contributed by atoms with van der Waals surface area (Å²) in [4.78, 5) is 45.3. The Hall–Kier alpha value is -3.52.